The molecule has 2 N–H and O–H groups in total. The second-order valence-electron chi connectivity index (χ2n) is 5.79. The van der Waals surface area contributed by atoms with E-state index in [0.29, 0.717) is 31.6 Å². The van der Waals surface area contributed by atoms with Crippen LogP contribution in [-0.2, 0) is 18.3 Å². The van der Waals surface area contributed by atoms with Crippen molar-refractivity contribution in [3.63, 3.8) is 0 Å². The third-order valence-corrected chi connectivity index (χ3v) is 4.02. The molecule has 7 nitrogen and oxygen atoms in total. The van der Waals surface area contributed by atoms with E-state index in [2.05, 4.69) is 10.6 Å². The highest BCUT2D eigenvalue weighted by atomic mass is 16.5. The second kappa shape index (κ2) is 9.50. The molecule has 2 rings (SSSR count). The van der Waals surface area contributed by atoms with Crippen molar-refractivity contribution in [2.75, 3.05) is 27.3 Å². The van der Waals surface area contributed by atoms with Gasteiger partial charge in [-0.15, -0.1) is 0 Å². The summed E-state index contributed by atoms with van der Waals surface area (Å²) in [5, 5.41) is 5.58. The number of hydrogen-bond donors (Lipinski definition) is 2. The lowest BCUT2D eigenvalue weighted by Crippen LogP contribution is -2.35. The zero-order chi connectivity index (χ0) is 18.9. The first-order chi connectivity index (χ1) is 12.5. The number of methoxy groups -OCH3 is 2. The molecule has 0 aliphatic heterocycles. The Kier molecular flexibility index (Phi) is 7.08. The minimum atomic E-state index is -0.159. The van der Waals surface area contributed by atoms with E-state index in [1.54, 1.807) is 24.9 Å². The fraction of sp³-hybridized carbons (Fsp3) is 0.368. The van der Waals surface area contributed by atoms with Crippen molar-refractivity contribution < 1.29 is 19.1 Å². The van der Waals surface area contributed by atoms with Crippen LogP contribution in [0.5, 0.6) is 11.5 Å². The molecule has 0 fully saturated rings. The molecule has 1 heterocycles. The second-order valence-corrected chi connectivity index (χ2v) is 5.79. The molecule has 2 amide bonds. The molecule has 7 heteroatoms. The number of benzene rings is 1. The normalized spacial score (nSPS) is 10.3. The summed E-state index contributed by atoms with van der Waals surface area (Å²) >= 11 is 0. The molecule has 0 saturated heterocycles. The van der Waals surface area contributed by atoms with Crippen LogP contribution < -0.4 is 20.1 Å². The number of aromatic nitrogens is 1. The minimum absolute atomic E-state index is 0.0806. The van der Waals surface area contributed by atoms with E-state index < -0.39 is 0 Å². The zero-order valence-electron chi connectivity index (χ0n) is 15.4. The number of nitrogens with one attached hydrogen (secondary N) is 2. The standard InChI is InChI=1S/C19H25N3O4/c1-22-12-4-5-16(22)19(24)21-11-10-20-18(23)9-6-14-13-15(25-2)7-8-17(14)26-3/h4-5,7-8,12-13H,6,9-11H2,1-3H3,(H,20,23)(H,21,24). The van der Waals surface area contributed by atoms with Gasteiger partial charge in [0.1, 0.15) is 17.2 Å². The van der Waals surface area contributed by atoms with E-state index in [1.807, 2.05) is 37.5 Å². The summed E-state index contributed by atoms with van der Waals surface area (Å²) in [6, 6.07) is 9.06. The average Bonchev–Trinajstić information content (AvgIpc) is 3.09. The number of amides is 2. The molecule has 2 aromatic rings. The van der Waals surface area contributed by atoms with Gasteiger partial charge in [-0.2, -0.15) is 0 Å². The summed E-state index contributed by atoms with van der Waals surface area (Å²) in [7, 11) is 5.01. The third kappa shape index (κ3) is 5.27. The Bertz CT molecular complexity index is 755. The van der Waals surface area contributed by atoms with Gasteiger partial charge in [0.15, 0.2) is 0 Å². The summed E-state index contributed by atoms with van der Waals surface area (Å²) in [5.74, 6) is 1.22. The van der Waals surface area contributed by atoms with Crippen molar-refractivity contribution in [2.24, 2.45) is 7.05 Å². The van der Waals surface area contributed by atoms with Crippen molar-refractivity contribution in [3.05, 3.63) is 47.8 Å². The predicted molar refractivity (Wildman–Crippen MR) is 98.6 cm³/mol. The first kappa shape index (κ1) is 19.4. The maximum absolute atomic E-state index is 12.0. The van der Waals surface area contributed by atoms with Gasteiger partial charge in [0, 0.05) is 32.8 Å². The van der Waals surface area contributed by atoms with E-state index in [9.17, 15) is 9.59 Å². The highest BCUT2D eigenvalue weighted by molar-refractivity contribution is 5.92. The van der Waals surface area contributed by atoms with Gasteiger partial charge < -0.3 is 24.7 Å². The van der Waals surface area contributed by atoms with E-state index in [-0.39, 0.29) is 11.8 Å². The molecule has 1 aromatic carbocycles. The number of carbonyl (C=O) groups is 2. The Morgan fingerprint density at radius 3 is 2.50 bits per heavy atom. The number of ether oxygens (including phenoxy) is 2. The SMILES string of the molecule is COc1ccc(OC)c(CCC(=O)NCCNC(=O)c2cccn2C)c1. The van der Waals surface area contributed by atoms with Crippen LogP contribution in [0.3, 0.4) is 0 Å². The van der Waals surface area contributed by atoms with Crippen LogP contribution in [0.25, 0.3) is 0 Å². The van der Waals surface area contributed by atoms with E-state index in [0.717, 1.165) is 17.1 Å². The van der Waals surface area contributed by atoms with Crippen LogP contribution >= 0.6 is 0 Å². The molecule has 0 aliphatic rings. The van der Waals surface area contributed by atoms with Crippen molar-refractivity contribution in [1.82, 2.24) is 15.2 Å². The molecule has 0 radical (unpaired) electrons. The minimum Gasteiger partial charge on any atom is -0.497 e. The first-order valence-corrected chi connectivity index (χ1v) is 8.42. The Labute approximate surface area is 153 Å². The average molecular weight is 359 g/mol. The van der Waals surface area contributed by atoms with E-state index in [4.69, 9.17) is 9.47 Å². The molecule has 0 bridgehead atoms. The molecule has 0 aliphatic carbocycles. The number of aryl methyl sites for hydroxylation is 2. The predicted octanol–water partition coefficient (Wildman–Crippen LogP) is 1.52. The Balaban J connectivity index is 1.72. The van der Waals surface area contributed by atoms with Gasteiger partial charge in [0.05, 0.1) is 14.2 Å². The Morgan fingerprint density at radius 1 is 1.08 bits per heavy atom. The largest absolute Gasteiger partial charge is 0.497 e. The summed E-state index contributed by atoms with van der Waals surface area (Å²) in [5.41, 5.74) is 1.50. The maximum Gasteiger partial charge on any atom is 0.267 e. The lowest BCUT2D eigenvalue weighted by molar-refractivity contribution is -0.121. The summed E-state index contributed by atoms with van der Waals surface area (Å²) in [6.07, 6.45) is 2.68. The summed E-state index contributed by atoms with van der Waals surface area (Å²) in [4.78, 5) is 23.9. The first-order valence-electron chi connectivity index (χ1n) is 8.42. The summed E-state index contributed by atoms with van der Waals surface area (Å²) < 4.78 is 12.3. The topological polar surface area (TPSA) is 81.6 Å². The van der Waals surface area contributed by atoms with Gasteiger partial charge in [-0.3, -0.25) is 9.59 Å². The number of carbonyl (C=O) groups excluding carboxylic acids is 2. The summed E-state index contributed by atoms with van der Waals surface area (Å²) in [6.45, 7) is 0.752. The van der Waals surface area contributed by atoms with Gasteiger partial charge in [-0.05, 0) is 42.3 Å². The molecule has 0 atom stereocenters. The van der Waals surface area contributed by atoms with Gasteiger partial charge in [0.2, 0.25) is 5.91 Å². The maximum atomic E-state index is 12.0. The number of rotatable bonds is 9. The van der Waals surface area contributed by atoms with Crippen molar-refractivity contribution >= 4 is 11.8 Å². The van der Waals surface area contributed by atoms with Crippen molar-refractivity contribution in [2.45, 2.75) is 12.8 Å². The van der Waals surface area contributed by atoms with Crippen LogP contribution in [0.2, 0.25) is 0 Å². The number of nitrogens with zero attached hydrogens (tertiary/aromatic N) is 1. The van der Waals surface area contributed by atoms with E-state index in [1.165, 1.54) is 0 Å². The molecular weight excluding hydrogens is 334 g/mol. The van der Waals surface area contributed by atoms with Crippen LogP contribution in [0, 0.1) is 0 Å². The van der Waals surface area contributed by atoms with Crippen molar-refractivity contribution in [3.8, 4) is 11.5 Å². The highest BCUT2D eigenvalue weighted by Crippen LogP contribution is 2.24. The van der Waals surface area contributed by atoms with Crippen molar-refractivity contribution in [1.29, 1.82) is 0 Å². The number of hydrogen-bond acceptors (Lipinski definition) is 4. The zero-order valence-corrected chi connectivity index (χ0v) is 15.4. The molecule has 1 aromatic heterocycles. The molecule has 26 heavy (non-hydrogen) atoms. The smallest absolute Gasteiger partial charge is 0.267 e. The van der Waals surface area contributed by atoms with Crippen LogP contribution in [-0.4, -0.2) is 43.7 Å². The quantitative estimate of drug-likeness (QED) is 0.665. The highest BCUT2D eigenvalue weighted by Gasteiger charge is 2.10. The molecule has 0 saturated carbocycles. The molecule has 0 unspecified atom stereocenters. The van der Waals surface area contributed by atoms with Gasteiger partial charge in [0.25, 0.3) is 5.91 Å². The molecule has 0 spiro atoms. The van der Waals surface area contributed by atoms with Crippen LogP contribution in [0.4, 0.5) is 0 Å². The fourth-order valence-electron chi connectivity index (χ4n) is 2.58. The monoisotopic (exact) mass is 359 g/mol. The third-order valence-electron chi connectivity index (χ3n) is 4.02. The van der Waals surface area contributed by atoms with E-state index >= 15 is 0 Å². The van der Waals surface area contributed by atoms with Crippen LogP contribution in [0.15, 0.2) is 36.5 Å². The Morgan fingerprint density at radius 2 is 1.85 bits per heavy atom. The van der Waals surface area contributed by atoms with Gasteiger partial charge >= 0.3 is 0 Å². The van der Waals surface area contributed by atoms with Crippen LogP contribution in [0.1, 0.15) is 22.5 Å². The molecular formula is C19H25N3O4. The molecule has 140 valence electrons. The lowest BCUT2D eigenvalue weighted by atomic mass is 10.1. The van der Waals surface area contributed by atoms with Gasteiger partial charge in [-0.25, -0.2) is 0 Å². The van der Waals surface area contributed by atoms with Gasteiger partial charge in [-0.1, -0.05) is 0 Å². The fourth-order valence-corrected chi connectivity index (χ4v) is 2.58. The Hall–Kier alpha value is -2.96. The lowest BCUT2D eigenvalue weighted by Gasteiger charge is -2.11.